The molecule has 0 aromatic carbocycles. The first-order valence-corrected chi connectivity index (χ1v) is 6.76. The third-order valence-electron chi connectivity index (χ3n) is 3.84. The van der Waals surface area contributed by atoms with Crippen LogP contribution in [0.15, 0.2) is 12.5 Å². The first-order valence-electron chi connectivity index (χ1n) is 6.76. The summed E-state index contributed by atoms with van der Waals surface area (Å²) in [7, 11) is 0. The normalized spacial score (nSPS) is 20.8. The van der Waals surface area contributed by atoms with Crippen molar-refractivity contribution >= 4 is 47.6 Å². The molecule has 0 radical (unpaired) electrons. The molecule has 1 amide bonds. The molecule has 5 N–H and O–H groups in total. The maximum atomic E-state index is 11.6. The van der Waals surface area contributed by atoms with Crippen molar-refractivity contribution in [1.82, 2.24) is 20.3 Å². The van der Waals surface area contributed by atoms with Crippen molar-refractivity contribution in [2.24, 2.45) is 11.7 Å². The van der Waals surface area contributed by atoms with Gasteiger partial charge in [-0.3, -0.25) is 4.79 Å². The molecular formula is C13H20Cl2N6O. The molecule has 0 saturated carbocycles. The first-order chi connectivity index (χ1) is 9.66. The van der Waals surface area contributed by atoms with E-state index in [9.17, 15) is 4.79 Å². The number of carbonyl (C=O) groups excluding carboxylic acids is 1. The minimum Gasteiger partial charge on any atom is -0.379 e. The van der Waals surface area contributed by atoms with E-state index in [1.165, 1.54) is 6.20 Å². The van der Waals surface area contributed by atoms with Crippen molar-refractivity contribution in [1.29, 1.82) is 0 Å². The molecule has 0 bridgehead atoms. The number of hydrogen-bond acceptors (Lipinski definition) is 5. The number of primary amides is 1. The molecular weight excluding hydrogens is 327 g/mol. The van der Waals surface area contributed by atoms with E-state index < -0.39 is 5.91 Å². The summed E-state index contributed by atoms with van der Waals surface area (Å²) in [4.78, 5) is 22.9. The van der Waals surface area contributed by atoms with Gasteiger partial charge < -0.3 is 21.4 Å². The number of piperidine rings is 1. The van der Waals surface area contributed by atoms with Crippen LogP contribution in [0.5, 0.6) is 0 Å². The van der Waals surface area contributed by atoms with Crippen molar-refractivity contribution in [3.63, 3.8) is 0 Å². The number of H-pyrrole nitrogens is 1. The van der Waals surface area contributed by atoms with Crippen LogP contribution >= 0.6 is 24.8 Å². The van der Waals surface area contributed by atoms with Gasteiger partial charge in [0, 0.05) is 12.2 Å². The SMILES string of the molecule is C[C@H]1CNCCC1Nc1c(C(N)=O)cnc2nc[nH]c12.Cl.Cl. The number of fused-ring (bicyclic) bond motifs is 1. The Labute approximate surface area is 140 Å². The van der Waals surface area contributed by atoms with Crippen LogP contribution in [0.3, 0.4) is 0 Å². The van der Waals surface area contributed by atoms with E-state index in [2.05, 4.69) is 32.5 Å². The molecule has 1 saturated heterocycles. The molecule has 0 aliphatic carbocycles. The highest BCUT2D eigenvalue weighted by Gasteiger charge is 2.24. The summed E-state index contributed by atoms with van der Waals surface area (Å²) in [6.45, 7) is 4.10. The molecule has 1 aliphatic heterocycles. The minimum absolute atomic E-state index is 0. The summed E-state index contributed by atoms with van der Waals surface area (Å²) >= 11 is 0. The Balaban J connectivity index is 0.00000121. The molecule has 22 heavy (non-hydrogen) atoms. The molecule has 2 aromatic heterocycles. The zero-order valence-electron chi connectivity index (χ0n) is 12.1. The van der Waals surface area contributed by atoms with Crippen LogP contribution in [-0.2, 0) is 0 Å². The zero-order valence-corrected chi connectivity index (χ0v) is 13.8. The highest BCUT2D eigenvalue weighted by Crippen LogP contribution is 2.26. The molecule has 1 unspecified atom stereocenters. The number of halogens is 2. The van der Waals surface area contributed by atoms with Gasteiger partial charge in [-0.1, -0.05) is 6.92 Å². The van der Waals surface area contributed by atoms with Gasteiger partial charge in [-0.15, -0.1) is 24.8 Å². The van der Waals surface area contributed by atoms with Crippen molar-refractivity contribution in [2.45, 2.75) is 19.4 Å². The molecule has 1 fully saturated rings. The number of nitrogens with zero attached hydrogens (tertiary/aromatic N) is 2. The number of nitrogens with one attached hydrogen (secondary N) is 3. The number of anilines is 1. The molecule has 3 heterocycles. The van der Waals surface area contributed by atoms with E-state index >= 15 is 0 Å². The van der Waals surface area contributed by atoms with E-state index in [4.69, 9.17) is 5.73 Å². The van der Waals surface area contributed by atoms with Crippen LogP contribution in [0.2, 0.25) is 0 Å². The van der Waals surface area contributed by atoms with Gasteiger partial charge in [0.15, 0.2) is 5.65 Å². The molecule has 1 aliphatic rings. The van der Waals surface area contributed by atoms with Gasteiger partial charge in [0.25, 0.3) is 5.91 Å². The molecule has 2 aromatic rings. The quantitative estimate of drug-likeness (QED) is 0.669. The van der Waals surface area contributed by atoms with E-state index in [0.29, 0.717) is 28.9 Å². The van der Waals surface area contributed by atoms with Crippen molar-refractivity contribution < 1.29 is 4.79 Å². The fourth-order valence-electron chi connectivity index (χ4n) is 2.64. The van der Waals surface area contributed by atoms with Gasteiger partial charge in [-0.05, 0) is 25.4 Å². The van der Waals surface area contributed by atoms with Gasteiger partial charge in [-0.25, -0.2) is 9.97 Å². The van der Waals surface area contributed by atoms with Crippen molar-refractivity contribution in [3.8, 4) is 0 Å². The smallest absolute Gasteiger partial charge is 0.252 e. The average molecular weight is 347 g/mol. The molecule has 9 heteroatoms. The number of pyridine rings is 1. The molecule has 7 nitrogen and oxygen atoms in total. The summed E-state index contributed by atoms with van der Waals surface area (Å²) < 4.78 is 0. The van der Waals surface area contributed by atoms with Gasteiger partial charge in [0.05, 0.1) is 17.6 Å². The summed E-state index contributed by atoms with van der Waals surface area (Å²) in [5.41, 5.74) is 7.86. The van der Waals surface area contributed by atoms with Crippen LogP contribution < -0.4 is 16.4 Å². The second kappa shape index (κ2) is 7.62. The topological polar surface area (TPSA) is 109 Å². The Bertz CT molecular complexity index is 646. The lowest BCUT2D eigenvalue weighted by Crippen LogP contribution is -2.42. The number of hydrogen-bond donors (Lipinski definition) is 4. The molecule has 122 valence electrons. The third kappa shape index (κ3) is 3.43. The second-order valence-electron chi connectivity index (χ2n) is 5.23. The first kappa shape index (κ1) is 18.5. The third-order valence-corrected chi connectivity index (χ3v) is 3.84. The van der Waals surface area contributed by atoms with Crippen LogP contribution in [-0.4, -0.2) is 40.0 Å². The van der Waals surface area contributed by atoms with Gasteiger partial charge >= 0.3 is 0 Å². The summed E-state index contributed by atoms with van der Waals surface area (Å²) in [6.07, 6.45) is 4.05. The molecule has 3 rings (SSSR count). The maximum absolute atomic E-state index is 11.6. The number of aromatic amines is 1. The van der Waals surface area contributed by atoms with Crippen LogP contribution in [0.25, 0.3) is 11.2 Å². The van der Waals surface area contributed by atoms with E-state index in [1.54, 1.807) is 6.33 Å². The number of aromatic nitrogens is 3. The fourth-order valence-corrected chi connectivity index (χ4v) is 2.64. The van der Waals surface area contributed by atoms with Gasteiger partial charge in [0.1, 0.15) is 5.52 Å². The Hall–Kier alpha value is -1.57. The Kier molecular flexibility index (Phi) is 6.40. The Morgan fingerprint density at radius 1 is 1.41 bits per heavy atom. The van der Waals surface area contributed by atoms with Crippen molar-refractivity contribution in [2.75, 3.05) is 18.4 Å². The highest BCUT2D eigenvalue weighted by atomic mass is 35.5. The summed E-state index contributed by atoms with van der Waals surface area (Å²) in [6, 6.07) is 0.295. The Morgan fingerprint density at radius 3 is 2.86 bits per heavy atom. The lowest BCUT2D eigenvalue weighted by Gasteiger charge is -2.31. The maximum Gasteiger partial charge on any atom is 0.252 e. The number of amides is 1. The molecule has 0 spiro atoms. The lowest BCUT2D eigenvalue weighted by atomic mass is 9.94. The minimum atomic E-state index is -0.488. The second-order valence-corrected chi connectivity index (χ2v) is 5.23. The predicted molar refractivity (Wildman–Crippen MR) is 91.0 cm³/mol. The Morgan fingerprint density at radius 2 is 2.18 bits per heavy atom. The van der Waals surface area contributed by atoms with Gasteiger partial charge in [0.2, 0.25) is 0 Å². The highest BCUT2D eigenvalue weighted by molar-refractivity contribution is 6.04. The summed E-state index contributed by atoms with van der Waals surface area (Å²) in [5.74, 6) is -0.0197. The monoisotopic (exact) mass is 346 g/mol. The molecule has 2 atom stereocenters. The van der Waals surface area contributed by atoms with Crippen molar-refractivity contribution in [3.05, 3.63) is 18.1 Å². The van der Waals surface area contributed by atoms with E-state index in [1.807, 2.05) is 0 Å². The standard InChI is InChI=1S/C13H18N6O.2ClH/c1-7-4-15-3-2-9(7)19-10-8(12(14)20)5-16-13-11(10)17-6-18-13;;/h5-7,9,15H,2-4H2,1H3,(H2,14,20)(H2,16,17,18,19);2*1H/t7-,9?;;/m0../s1. The van der Waals surface area contributed by atoms with Gasteiger partial charge in [-0.2, -0.15) is 0 Å². The number of carbonyl (C=O) groups is 1. The van der Waals surface area contributed by atoms with Crippen LogP contribution in [0.1, 0.15) is 23.7 Å². The summed E-state index contributed by atoms with van der Waals surface area (Å²) in [5, 5.41) is 6.81. The van der Waals surface area contributed by atoms with E-state index in [-0.39, 0.29) is 24.8 Å². The number of imidazole rings is 1. The number of rotatable bonds is 3. The average Bonchev–Trinajstić information content (AvgIpc) is 2.90. The lowest BCUT2D eigenvalue weighted by molar-refractivity contribution is 0.100. The zero-order chi connectivity index (χ0) is 14.1. The largest absolute Gasteiger partial charge is 0.379 e. The number of nitrogens with two attached hydrogens (primary N) is 1. The predicted octanol–water partition coefficient (Wildman–Crippen LogP) is 1.31. The van der Waals surface area contributed by atoms with E-state index in [0.717, 1.165) is 25.0 Å². The van der Waals surface area contributed by atoms with Crippen LogP contribution in [0.4, 0.5) is 5.69 Å². The van der Waals surface area contributed by atoms with Crippen LogP contribution in [0, 0.1) is 5.92 Å². The fraction of sp³-hybridized carbons (Fsp3) is 0.462.